The SMILES string of the molecule is CNS(=O)c1cccc2c1CN(C(=O)Cc1c(Cl)cccc1Cl)C2C. The minimum absolute atomic E-state index is 0.0557. The lowest BCUT2D eigenvalue weighted by Crippen LogP contribution is -2.29. The quantitative estimate of drug-likeness (QED) is 0.851. The lowest BCUT2D eigenvalue weighted by molar-refractivity contribution is -0.132. The van der Waals surface area contributed by atoms with Gasteiger partial charge in [0.25, 0.3) is 0 Å². The number of carbonyl (C=O) groups excluding carboxylic acids is 1. The van der Waals surface area contributed by atoms with Gasteiger partial charge in [0.05, 0.1) is 17.4 Å². The lowest BCUT2D eigenvalue weighted by atomic mass is 10.1. The van der Waals surface area contributed by atoms with Crippen LogP contribution in [0.5, 0.6) is 0 Å². The van der Waals surface area contributed by atoms with E-state index in [1.807, 2.05) is 25.1 Å². The fourth-order valence-electron chi connectivity index (χ4n) is 3.16. The summed E-state index contributed by atoms with van der Waals surface area (Å²) in [5.74, 6) is -0.0557. The highest BCUT2D eigenvalue weighted by Crippen LogP contribution is 2.37. The van der Waals surface area contributed by atoms with Crippen LogP contribution in [0.4, 0.5) is 0 Å². The molecule has 0 radical (unpaired) electrons. The van der Waals surface area contributed by atoms with Crippen LogP contribution in [0.2, 0.25) is 10.0 Å². The molecule has 1 heterocycles. The third-order valence-electron chi connectivity index (χ3n) is 4.51. The maximum atomic E-state index is 12.9. The molecule has 132 valence electrons. The number of fused-ring (bicyclic) bond motifs is 1. The van der Waals surface area contributed by atoms with Crippen LogP contribution in [0.25, 0.3) is 0 Å². The van der Waals surface area contributed by atoms with Crippen molar-refractivity contribution in [3.8, 4) is 0 Å². The molecule has 0 bridgehead atoms. The van der Waals surface area contributed by atoms with Gasteiger partial charge in [-0.1, -0.05) is 41.4 Å². The van der Waals surface area contributed by atoms with Crippen LogP contribution < -0.4 is 4.72 Å². The molecule has 1 aliphatic heterocycles. The normalized spacial score (nSPS) is 17.4. The number of rotatable bonds is 4. The van der Waals surface area contributed by atoms with E-state index in [4.69, 9.17) is 23.2 Å². The number of halogens is 2. The number of hydrogen-bond donors (Lipinski definition) is 1. The molecule has 7 heteroatoms. The van der Waals surface area contributed by atoms with Gasteiger partial charge in [0, 0.05) is 16.6 Å². The molecule has 0 spiro atoms. The van der Waals surface area contributed by atoms with Gasteiger partial charge in [-0.2, -0.15) is 0 Å². The number of nitrogens with one attached hydrogen (secondary N) is 1. The fourth-order valence-corrected chi connectivity index (χ4v) is 4.52. The summed E-state index contributed by atoms with van der Waals surface area (Å²) in [7, 11) is 0.358. The van der Waals surface area contributed by atoms with Crippen molar-refractivity contribution in [1.29, 1.82) is 0 Å². The van der Waals surface area contributed by atoms with Crippen molar-refractivity contribution in [3.05, 3.63) is 63.1 Å². The first-order valence-corrected chi connectivity index (χ1v) is 9.78. The second-order valence-electron chi connectivity index (χ2n) is 5.87. The molecule has 0 saturated carbocycles. The molecule has 1 aliphatic rings. The molecule has 25 heavy (non-hydrogen) atoms. The molecule has 2 atom stereocenters. The van der Waals surface area contributed by atoms with Gasteiger partial charge in [0.2, 0.25) is 5.91 Å². The second kappa shape index (κ2) is 7.46. The first kappa shape index (κ1) is 18.4. The highest BCUT2D eigenvalue weighted by Gasteiger charge is 2.33. The van der Waals surface area contributed by atoms with E-state index in [0.29, 0.717) is 22.2 Å². The monoisotopic (exact) mass is 396 g/mol. The number of amides is 1. The van der Waals surface area contributed by atoms with E-state index < -0.39 is 11.0 Å². The number of nitrogens with zero attached hydrogens (tertiary/aromatic N) is 1. The van der Waals surface area contributed by atoms with Crippen molar-refractivity contribution in [1.82, 2.24) is 9.62 Å². The van der Waals surface area contributed by atoms with Gasteiger partial charge in [0.15, 0.2) is 0 Å². The fraction of sp³-hybridized carbons (Fsp3) is 0.278. The topological polar surface area (TPSA) is 49.4 Å². The van der Waals surface area contributed by atoms with E-state index in [0.717, 1.165) is 16.0 Å². The Bertz CT molecular complexity index is 837. The van der Waals surface area contributed by atoms with Crippen LogP contribution in [0.15, 0.2) is 41.3 Å². The summed E-state index contributed by atoms with van der Waals surface area (Å²) in [5.41, 5.74) is 2.61. The smallest absolute Gasteiger partial charge is 0.227 e. The molecule has 2 aromatic carbocycles. The molecule has 0 fully saturated rings. The number of carbonyl (C=O) groups is 1. The molecule has 3 rings (SSSR count). The van der Waals surface area contributed by atoms with Gasteiger partial charge in [0.1, 0.15) is 11.0 Å². The van der Waals surface area contributed by atoms with Crippen LogP contribution in [0, 0.1) is 0 Å². The summed E-state index contributed by atoms with van der Waals surface area (Å²) in [5, 5.41) is 0.976. The van der Waals surface area contributed by atoms with Crippen molar-refractivity contribution in [3.63, 3.8) is 0 Å². The van der Waals surface area contributed by atoms with Gasteiger partial charge >= 0.3 is 0 Å². The predicted molar refractivity (Wildman–Crippen MR) is 101 cm³/mol. The van der Waals surface area contributed by atoms with Gasteiger partial charge in [-0.3, -0.25) is 4.79 Å². The maximum absolute atomic E-state index is 12.9. The molecular weight excluding hydrogens is 379 g/mol. The molecule has 1 amide bonds. The second-order valence-corrected chi connectivity index (χ2v) is 8.07. The first-order chi connectivity index (χ1) is 11.9. The molecule has 0 aliphatic carbocycles. The highest BCUT2D eigenvalue weighted by molar-refractivity contribution is 7.83. The van der Waals surface area contributed by atoms with E-state index in [2.05, 4.69) is 4.72 Å². The minimum Gasteiger partial charge on any atom is -0.331 e. The third-order valence-corrected chi connectivity index (χ3v) is 6.37. The van der Waals surface area contributed by atoms with Crippen molar-refractivity contribution in [2.24, 2.45) is 0 Å². The van der Waals surface area contributed by atoms with Gasteiger partial charge < -0.3 is 4.90 Å². The van der Waals surface area contributed by atoms with Crippen molar-refractivity contribution in [2.45, 2.75) is 30.8 Å². The van der Waals surface area contributed by atoms with Crippen LogP contribution in [-0.4, -0.2) is 22.1 Å². The lowest BCUT2D eigenvalue weighted by Gasteiger charge is -2.22. The van der Waals surface area contributed by atoms with Crippen LogP contribution >= 0.6 is 23.2 Å². The molecule has 4 nitrogen and oxygen atoms in total. The number of benzene rings is 2. The Morgan fingerprint density at radius 3 is 2.52 bits per heavy atom. The first-order valence-electron chi connectivity index (χ1n) is 7.87. The average molecular weight is 397 g/mol. The van der Waals surface area contributed by atoms with E-state index in [-0.39, 0.29) is 18.4 Å². The summed E-state index contributed by atoms with van der Waals surface area (Å²) in [4.78, 5) is 15.4. The van der Waals surface area contributed by atoms with Crippen LogP contribution in [0.1, 0.15) is 29.7 Å². The maximum Gasteiger partial charge on any atom is 0.227 e. The van der Waals surface area contributed by atoms with Crippen molar-refractivity contribution < 1.29 is 9.00 Å². The Labute approximate surface area is 159 Å². The van der Waals surface area contributed by atoms with Gasteiger partial charge in [-0.25, -0.2) is 8.93 Å². The molecule has 1 N–H and O–H groups in total. The van der Waals surface area contributed by atoms with E-state index in [9.17, 15) is 9.00 Å². The zero-order chi connectivity index (χ0) is 18.1. The summed E-state index contributed by atoms with van der Waals surface area (Å²) >= 11 is 12.4. The zero-order valence-electron chi connectivity index (χ0n) is 13.9. The van der Waals surface area contributed by atoms with Crippen LogP contribution in [0.3, 0.4) is 0 Å². The Hall–Kier alpha value is -1.40. The Kier molecular flexibility index (Phi) is 5.49. The number of hydrogen-bond acceptors (Lipinski definition) is 2. The molecule has 0 saturated heterocycles. The molecular formula is C18H18Cl2N2O2S. The summed E-state index contributed by atoms with van der Waals surface area (Å²) in [6.45, 7) is 2.41. The van der Waals surface area contributed by atoms with E-state index >= 15 is 0 Å². The summed E-state index contributed by atoms with van der Waals surface area (Å²) in [6, 6.07) is 10.8. The Morgan fingerprint density at radius 1 is 1.24 bits per heavy atom. The van der Waals surface area contributed by atoms with E-state index in [1.54, 1.807) is 30.1 Å². The van der Waals surface area contributed by atoms with Crippen molar-refractivity contribution >= 4 is 40.1 Å². The summed E-state index contributed by atoms with van der Waals surface area (Å²) < 4.78 is 15.0. The summed E-state index contributed by atoms with van der Waals surface area (Å²) in [6.07, 6.45) is 0.140. The largest absolute Gasteiger partial charge is 0.331 e. The third kappa shape index (κ3) is 3.47. The molecule has 0 aromatic heterocycles. The van der Waals surface area contributed by atoms with E-state index in [1.165, 1.54) is 0 Å². The minimum atomic E-state index is -1.29. The Balaban J connectivity index is 1.88. The van der Waals surface area contributed by atoms with Gasteiger partial charge in [-0.05, 0) is 48.9 Å². The molecule has 2 aromatic rings. The predicted octanol–water partition coefficient (Wildman–Crippen LogP) is 3.88. The highest BCUT2D eigenvalue weighted by atomic mass is 35.5. The standard InChI is InChI=1S/C18H18Cl2N2O2S/c1-11-12-5-3-8-17(25(24)21-2)14(12)10-22(11)18(23)9-13-15(19)6-4-7-16(13)20/h3-8,11,21H,9-10H2,1-2H3. The average Bonchev–Trinajstić information content (AvgIpc) is 2.94. The zero-order valence-corrected chi connectivity index (χ0v) is 16.2. The van der Waals surface area contributed by atoms with Crippen molar-refractivity contribution in [2.75, 3.05) is 7.05 Å². The van der Waals surface area contributed by atoms with Gasteiger partial charge in [-0.15, -0.1) is 0 Å². The van der Waals surface area contributed by atoms with Crippen LogP contribution in [-0.2, 0) is 28.7 Å². The Morgan fingerprint density at radius 2 is 1.88 bits per heavy atom. The molecule has 2 unspecified atom stereocenters.